The van der Waals surface area contributed by atoms with Crippen molar-refractivity contribution >= 4 is 0 Å². The zero-order valence-corrected chi connectivity index (χ0v) is 11.0. The second-order valence-corrected chi connectivity index (χ2v) is 5.68. The number of aryl methyl sites for hydroxylation is 1. The zero-order valence-electron chi connectivity index (χ0n) is 11.0. The molecule has 0 aromatic heterocycles. The predicted molar refractivity (Wildman–Crippen MR) is 70.9 cm³/mol. The highest BCUT2D eigenvalue weighted by atomic mass is 19.1. The van der Waals surface area contributed by atoms with Crippen LogP contribution in [0.1, 0.15) is 24.0 Å². The number of nitrogens with zero attached hydrogens (tertiary/aromatic N) is 1. The number of hydrogen-bond donors (Lipinski definition) is 1. The number of rotatable bonds is 2. The van der Waals surface area contributed by atoms with Crippen LogP contribution in [0.5, 0.6) is 0 Å². The van der Waals surface area contributed by atoms with Crippen LogP contribution in [0.15, 0.2) is 18.2 Å². The van der Waals surface area contributed by atoms with E-state index in [1.54, 1.807) is 6.07 Å². The maximum absolute atomic E-state index is 13.6. The molecule has 98 valence electrons. The Morgan fingerprint density at radius 3 is 3.11 bits per heavy atom. The van der Waals surface area contributed by atoms with Gasteiger partial charge in [0.05, 0.1) is 0 Å². The van der Waals surface area contributed by atoms with Gasteiger partial charge in [-0.25, -0.2) is 4.39 Å². The van der Waals surface area contributed by atoms with Crippen molar-refractivity contribution < 1.29 is 4.39 Å². The lowest BCUT2D eigenvalue weighted by Gasteiger charge is -2.37. The SMILES string of the molecule is Cc1ccc(CN2CCCC3CNCC32)cc1F. The number of halogens is 1. The molecule has 0 spiro atoms. The summed E-state index contributed by atoms with van der Waals surface area (Å²) >= 11 is 0. The summed E-state index contributed by atoms with van der Waals surface area (Å²) in [4.78, 5) is 2.53. The molecular weight excluding hydrogens is 227 g/mol. The van der Waals surface area contributed by atoms with Crippen molar-refractivity contribution in [2.45, 2.75) is 32.4 Å². The average Bonchev–Trinajstić information content (AvgIpc) is 2.83. The van der Waals surface area contributed by atoms with Gasteiger partial charge in [0.15, 0.2) is 0 Å². The highest BCUT2D eigenvalue weighted by Crippen LogP contribution is 2.27. The van der Waals surface area contributed by atoms with Crippen molar-refractivity contribution in [3.8, 4) is 0 Å². The normalized spacial score (nSPS) is 28.3. The van der Waals surface area contributed by atoms with E-state index in [2.05, 4.69) is 16.3 Å². The van der Waals surface area contributed by atoms with E-state index >= 15 is 0 Å². The van der Waals surface area contributed by atoms with Crippen LogP contribution in [0.4, 0.5) is 4.39 Å². The lowest BCUT2D eigenvalue weighted by atomic mass is 9.91. The van der Waals surface area contributed by atoms with E-state index in [0.717, 1.165) is 43.2 Å². The van der Waals surface area contributed by atoms with E-state index in [4.69, 9.17) is 0 Å². The fourth-order valence-corrected chi connectivity index (χ4v) is 3.33. The van der Waals surface area contributed by atoms with Crippen molar-refractivity contribution in [2.75, 3.05) is 19.6 Å². The van der Waals surface area contributed by atoms with Gasteiger partial charge in [0.2, 0.25) is 0 Å². The molecule has 0 bridgehead atoms. The van der Waals surface area contributed by atoms with Gasteiger partial charge in [0, 0.05) is 19.1 Å². The van der Waals surface area contributed by atoms with Gasteiger partial charge in [-0.3, -0.25) is 4.90 Å². The van der Waals surface area contributed by atoms with Crippen molar-refractivity contribution in [3.63, 3.8) is 0 Å². The summed E-state index contributed by atoms with van der Waals surface area (Å²) in [6.45, 7) is 6.11. The van der Waals surface area contributed by atoms with Gasteiger partial charge >= 0.3 is 0 Å². The second kappa shape index (κ2) is 4.98. The standard InChI is InChI=1S/C15H21FN2/c1-11-4-5-12(7-14(11)16)10-18-6-2-3-13-8-17-9-15(13)18/h4-5,7,13,15,17H,2-3,6,8-10H2,1H3. The van der Waals surface area contributed by atoms with Gasteiger partial charge in [0.1, 0.15) is 5.82 Å². The Kier molecular flexibility index (Phi) is 3.35. The minimum absolute atomic E-state index is 0.0781. The van der Waals surface area contributed by atoms with Gasteiger partial charge in [-0.05, 0) is 56.0 Å². The van der Waals surface area contributed by atoms with E-state index in [0.29, 0.717) is 6.04 Å². The van der Waals surface area contributed by atoms with Crippen molar-refractivity contribution in [3.05, 3.63) is 35.1 Å². The summed E-state index contributed by atoms with van der Waals surface area (Å²) in [5, 5.41) is 3.48. The molecule has 2 heterocycles. The molecule has 3 rings (SSSR count). The first-order chi connectivity index (χ1) is 8.74. The van der Waals surface area contributed by atoms with Gasteiger partial charge in [0.25, 0.3) is 0 Å². The third-order valence-corrected chi connectivity index (χ3v) is 4.42. The van der Waals surface area contributed by atoms with Crippen LogP contribution >= 0.6 is 0 Å². The first-order valence-electron chi connectivity index (χ1n) is 6.94. The van der Waals surface area contributed by atoms with Crippen LogP contribution in [0.2, 0.25) is 0 Å². The van der Waals surface area contributed by atoms with Crippen molar-refractivity contribution in [2.24, 2.45) is 5.92 Å². The van der Waals surface area contributed by atoms with Crippen LogP contribution in [0, 0.1) is 18.7 Å². The van der Waals surface area contributed by atoms with Crippen LogP contribution in [0.25, 0.3) is 0 Å². The summed E-state index contributed by atoms with van der Waals surface area (Å²) < 4.78 is 13.6. The van der Waals surface area contributed by atoms with Crippen molar-refractivity contribution in [1.82, 2.24) is 10.2 Å². The van der Waals surface area contributed by atoms with E-state index in [1.165, 1.54) is 12.8 Å². The fourth-order valence-electron chi connectivity index (χ4n) is 3.33. The average molecular weight is 248 g/mol. The maximum atomic E-state index is 13.6. The molecule has 2 saturated heterocycles. The maximum Gasteiger partial charge on any atom is 0.126 e. The number of nitrogens with one attached hydrogen (secondary N) is 1. The second-order valence-electron chi connectivity index (χ2n) is 5.68. The highest BCUT2D eigenvalue weighted by molar-refractivity contribution is 5.23. The molecule has 2 aliphatic heterocycles. The molecule has 0 saturated carbocycles. The molecule has 1 N–H and O–H groups in total. The minimum atomic E-state index is -0.0781. The summed E-state index contributed by atoms with van der Waals surface area (Å²) in [5.41, 5.74) is 1.84. The minimum Gasteiger partial charge on any atom is -0.315 e. The lowest BCUT2D eigenvalue weighted by molar-refractivity contribution is 0.117. The molecule has 2 atom stereocenters. The van der Waals surface area contributed by atoms with Gasteiger partial charge in [-0.15, -0.1) is 0 Å². The number of piperidine rings is 1. The summed E-state index contributed by atoms with van der Waals surface area (Å²) in [6, 6.07) is 6.30. The van der Waals surface area contributed by atoms with Gasteiger partial charge in [-0.1, -0.05) is 12.1 Å². The van der Waals surface area contributed by atoms with Crippen LogP contribution in [-0.2, 0) is 6.54 Å². The molecule has 3 heteroatoms. The lowest BCUT2D eigenvalue weighted by Crippen LogP contribution is -2.44. The van der Waals surface area contributed by atoms with Crippen LogP contribution in [0.3, 0.4) is 0 Å². The van der Waals surface area contributed by atoms with E-state index in [1.807, 2.05) is 13.0 Å². The van der Waals surface area contributed by atoms with Crippen molar-refractivity contribution in [1.29, 1.82) is 0 Å². The Labute approximate surface area is 108 Å². The van der Waals surface area contributed by atoms with E-state index in [-0.39, 0.29) is 5.82 Å². The number of likely N-dealkylation sites (tertiary alicyclic amines) is 1. The molecule has 0 amide bonds. The largest absolute Gasteiger partial charge is 0.315 e. The summed E-state index contributed by atoms with van der Waals surface area (Å²) in [5.74, 6) is 0.722. The molecular formula is C15H21FN2. The molecule has 0 aliphatic carbocycles. The third-order valence-electron chi connectivity index (χ3n) is 4.42. The molecule has 18 heavy (non-hydrogen) atoms. The Bertz CT molecular complexity index is 433. The zero-order chi connectivity index (χ0) is 12.5. The quantitative estimate of drug-likeness (QED) is 0.864. The third kappa shape index (κ3) is 2.29. The fraction of sp³-hybridized carbons (Fsp3) is 0.600. The molecule has 2 nitrogen and oxygen atoms in total. The number of hydrogen-bond acceptors (Lipinski definition) is 2. The molecule has 2 unspecified atom stereocenters. The van der Waals surface area contributed by atoms with Crippen LogP contribution in [-0.4, -0.2) is 30.6 Å². The first kappa shape index (κ1) is 12.1. The summed E-state index contributed by atoms with van der Waals surface area (Å²) in [6.07, 6.45) is 2.62. The Morgan fingerprint density at radius 2 is 2.28 bits per heavy atom. The molecule has 2 fully saturated rings. The first-order valence-corrected chi connectivity index (χ1v) is 6.94. The smallest absolute Gasteiger partial charge is 0.126 e. The topological polar surface area (TPSA) is 15.3 Å². The Balaban J connectivity index is 1.73. The molecule has 0 radical (unpaired) electrons. The Morgan fingerprint density at radius 1 is 1.39 bits per heavy atom. The Hall–Kier alpha value is -0.930. The number of fused-ring (bicyclic) bond motifs is 1. The monoisotopic (exact) mass is 248 g/mol. The van der Waals surface area contributed by atoms with Gasteiger partial charge < -0.3 is 5.32 Å². The molecule has 2 aliphatic rings. The predicted octanol–water partition coefficient (Wildman–Crippen LogP) is 2.32. The van der Waals surface area contributed by atoms with E-state index < -0.39 is 0 Å². The highest BCUT2D eigenvalue weighted by Gasteiger charge is 2.34. The summed E-state index contributed by atoms with van der Waals surface area (Å²) in [7, 11) is 0. The number of benzene rings is 1. The molecule has 1 aromatic carbocycles. The van der Waals surface area contributed by atoms with Crippen LogP contribution < -0.4 is 5.32 Å². The molecule has 1 aromatic rings. The van der Waals surface area contributed by atoms with Gasteiger partial charge in [-0.2, -0.15) is 0 Å². The van der Waals surface area contributed by atoms with E-state index in [9.17, 15) is 4.39 Å².